The standard InChI is InChI=1S/C25H23F3N4O/c26-25(27,28)21-9-7-20(8-10-21)24-15-19(13-14-29-24)17-33-23-11-5-18(6-12-23)3-1-2-4-22-16-30-32-31-22/h5-16H,1-4,17H2,(H,30,31,32). The van der Waals surface area contributed by atoms with Crippen molar-refractivity contribution in [2.24, 2.45) is 0 Å². The second kappa shape index (κ2) is 10.3. The molecule has 2 heterocycles. The fourth-order valence-corrected chi connectivity index (χ4v) is 3.45. The van der Waals surface area contributed by atoms with Gasteiger partial charge in [-0.3, -0.25) is 4.98 Å². The molecule has 0 aliphatic carbocycles. The van der Waals surface area contributed by atoms with Crippen molar-refractivity contribution < 1.29 is 17.9 Å². The summed E-state index contributed by atoms with van der Waals surface area (Å²) in [6, 6.07) is 16.7. The molecule has 0 aliphatic heterocycles. The van der Waals surface area contributed by atoms with Crippen molar-refractivity contribution in [1.29, 1.82) is 0 Å². The Bertz CT molecular complexity index is 1140. The molecule has 0 atom stereocenters. The second-order valence-corrected chi connectivity index (χ2v) is 7.73. The number of ether oxygens (including phenoxy) is 1. The maximum Gasteiger partial charge on any atom is 0.416 e. The van der Waals surface area contributed by atoms with Crippen molar-refractivity contribution in [3.8, 4) is 17.0 Å². The van der Waals surface area contributed by atoms with Crippen LogP contribution in [0, 0.1) is 0 Å². The number of nitrogens with zero attached hydrogens (tertiary/aromatic N) is 3. The highest BCUT2D eigenvalue weighted by atomic mass is 19.4. The molecule has 0 saturated heterocycles. The first-order valence-corrected chi connectivity index (χ1v) is 10.7. The molecule has 4 rings (SSSR count). The van der Waals surface area contributed by atoms with Crippen LogP contribution in [0.4, 0.5) is 13.2 Å². The van der Waals surface area contributed by atoms with Gasteiger partial charge in [-0.1, -0.05) is 24.3 Å². The Balaban J connectivity index is 1.28. The first kappa shape index (κ1) is 22.5. The van der Waals surface area contributed by atoms with Crippen molar-refractivity contribution in [3.05, 3.63) is 95.4 Å². The van der Waals surface area contributed by atoms with Crippen molar-refractivity contribution in [1.82, 2.24) is 20.4 Å². The number of aryl methyl sites for hydroxylation is 2. The van der Waals surface area contributed by atoms with Crippen LogP contribution in [-0.4, -0.2) is 20.4 Å². The summed E-state index contributed by atoms with van der Waals surface area (Å²) in [5.41, 5.74) is 3.66. The Kier molecular flexibility index (Phi) is 7.02. The molecular formula is C25H23F3N4O. The summed E-state index contributed by atoms with van der Waals surface area (Å²) in [6.07, 6.45) is 3.05. The van der Waals surface area contributed by atoms with E-state index in [0.29, 0.717) is 17.9 Å². The number of hydrogen-bond donors (Lipinski definition) is 1. The van der Waals surface area contributed by atoms with Gasteiger partial charge in [0.05, 0.1) is 23.1 Å². The monoisotopic (exact) mass is 452 g/mol. The molecule has 2 aromatic heterocycles. The van der Waals surface area contributed by atoms with Gasteiger partial charge in [-0.15, -0.1) is 0 Å². The number of unbranched alkanes of at least 4 members (excludes halogenated alkanes) is 1. The van der Waals surface area contributed by atoms with Crippen LogP contribution >= 0.6 is 0 Å². The molecule has 0 aliphatic rings. The Morgan fingerprint density at radius 1 is 0.848 bits per heavy atom. The summed E-state index contributed by atoms with van der Waals surface area (Å²) in [7, 11) is 0. The van der Waals surface area contributed by atoms with E-state index in [1.165, 1.54) is 17.7 Å². The Hall–Kier alpha value is -3.68. The van der Waals surface area contributed by atoms with Gasteiger partial charge in [-0.2, -0.15) is 28.6 Å². The fraction of sp³-hybridized carbons (Fsp3) is 0.240. The lowest BCUT2D eigenvalue weighted by molar-refractivity contribution is -0.137. The van der Waals surface area contributed by atoms with E-state index in [1.807, 2.05) is 24.3 Å². The summed E-state index contributed by atoms with van der Waals surface area (Å²) in [4.78, 5) is 4.27. The summed E-state index contributed by atoms with van der Waals surface area (Å²) < 4.78 is 44.2. The van der Waals surface area contributed by atoms with Crippen LogP contribution < -0.4 is 4.74 Å². The van der Waals surface area contributed by atoms with E-state index >= 15 is 0 Å². The first-order chi connectivity index (χ1) is 16.0. The number of hydrogen-bond acceptors (Lipinski definition) is 4. The molecule has 4 aromatic rings. The summed E-state index contributed by atoms with van der Waals surface area (Å²) in [5, 5.41) is 10.5. The van der Waals surface area contributed by atoms with E-state index in [1.54, 1.807) is 12.4 Å². The number of alkyl halides is 3. The Morgan fingerprint density at radius 3 is 2.30 bits per heavy atom. The SMILES string of the molecule is FC(F)(F)c1ccc(-c2cc(COc3ccc(CCCCc4cn[nH]n4)cc3)ccn2)cc1. The molecule has 0 spiro atoms. The number of pyridine rings is 1. The van der Waals surface area contributed by atoms with Gasteiger partial charge < -0.3 is 4.74 Å². The van der Waals surface area contributed by atoms with E-state index in [0.717, 1.165) is 54.8 Å². The maximum absolute atomic E-state index is 12.8. The number of nitrogens with one attached hydrogen (secondary N) is 1. The van der Waals surface area contributed by atoms with E-state index in [2.05, 4.69) is 32.5 Å². The van der Waals surface area contributed by atoms with Gasteiger partial charge in [-0.25, -0.2) is 0 Å². The molecule has 8 heteroatoms. The largest absolute Gasteiger partial charge is 0.489 e. The molecule has 0 radical (unpaired) electrons. The van der Waals surface area contributed by atoms with Crippen LogP contribution in [0.25, 0.3) is 11.3 Å². The van der Waals surface area contributed by atoms with Gasteiger partial charge in [0.2, 0.25) is 0 Å². The van der Waals surface area contributed by atoms with E-state index in [4.69, 9.17) is 4.74 Å². The zero-order valence-electron chi connectivity index (χ0n) is 17.8. The smallest absolute Gasteiger partial charge is 0.416 e. The predicted molar refractivity (Wildman–Crippen MR) is 118 cm³/mol. The highest BCUT2D eigenvalue weighted by Gasteiger charge is 2.30. The minimum atomic E-state index is -4.35. The third kappa shape index (κ3) is 6.41. The maximum atomic E-state index is 12.8. The minimum absolute atomic E-state index is 0.340. The normalized spacial score (nSPS) is 11.5. The van der Waals surface area contributed by atoms with Gasteiger partial charge >= 0.3 is 6.18 Å². The van der Waals surface area contributed by atoms with Crippen molar-refractivity contribution in [2.75, 3.05) is 0 Å². The van der Waals surface area contributed by atoms with Crippen LogP contribution in [-0.2, 0) is 25.6 Å². The molecule has 33 heavy (non-hydrogen) atoms. The number of benzene rings is 2. The third-order valence-electron chi connectivity index (χ3n) is 5.27. The summed E-state index contributed by atoms with van der Waals surface area (Å²) >= 11 is 0. The van der Waals surface area contributed by atoms with E-state index in [-0.39, 0.29) is 0 Å². The predicted octanol–water partition coefficient (Wildman–Crippen LogP) is 6.03. The number of rotatable bonds is 9. The number of aromatic nitrogens is 4. The average molecular weight is 452 g/mol. The topological polar surface area (TPSA) is 63.7 Å². The van der Waals surface area contributed by atoms with Crippen LogP contribution in [0.15, 0.2) is 73.1 Å². The van der Waals surface area contributed by atoms with Gasteiger partial charge in [0.15, 0.2) is 0 Å². The van der Waals surface area contributed by atoms with Gasteiger partial charge in [0.1, 0.15) is 12.4 Å². The quantitative estimate of drug-likeness (QED) is 0.315. The van der Waals surface area contributed by atoms with Gasteiger partial charge in [-0.05, 0) is 73.2 Å². The van der Waals surface area contributed by atoms with Gasteiger partial charge in [0.25, 0.3) is 0 Å². The molecular weight excluding hydrogens is 429 g/mol. The van der Waals surface area contributed by atoms with E-state index in [9.17, 15) is 13.2 Å². The lowest BCUT2D eigenvalue weighted by atomic mass is 10.1. The molecule has 0 bridgehead atoms. The molecule has 0 saturated carbocycles. The highest BCUT2D eigenvalue weighted by molar-refractivity contribution is 5.60. The van der Waals surface area contributed by atoms with Crippen molar-refractivity contribution in [2.45, 2.75) is 38.5 Å². The van der Waals surface area contributed by atoms with Gasteiger partial charge in [0, 0.05) is 11.8 Å². The lowest BCUT2D eigenvalue weighted by Gasteiger charge is -2.10. The molecule has 1 N–H and O–H groups in total. The van der Waals surface area contributed by atoms with Crippen LogP contribution in [0.1, 0.15) is 35.2 Å². The second-order valence-electron chi connectivity index (χ2n) is 7.73. The van der Waals surface area contributed by atoms with Crippen LogP contribution in [0.5, 0.6) is 5.75 Å². The van der Waals surface area contributed by atoms with Crippen LogP contribution in [0.3, 0.4) is 0 Å². The molecule has 2 aromatic carbocycles. The Labute approximate surface area is 189 Å². The molecule has 5 nitrogen and oxygen atoms in total. The molecule has 170 valence electrons. The van der Waals surface area contributed by atoms with Crippen molar-refractivity contribution in [3.63, 3.8) is 0 Å². The molecule has 0 unspecified atom stereocenters. The zero-order valence-corrected chi connectivity index (χ0v) is 17.8. The highest BCUT2D eigenvalue weighted by Crippen LogP contribution is 2.30. The first-order valence-electron chi connectivity index (χ1n) is 10.7. The zero-order chi connectivity index (χ0) is 23.1. The Morgan fingerprint density at radius 2 is 1.61 bits per heavy atom. The number of aromatic amines is 1. The van der Waals surface area contributed by atoms with Crippen LogP contribution in [0.2, 0.25) is 0 Å². The molecule has 0 amide bonds. The fourth-order valence-electron chi connectivity index (χ4n) is 3.45. The van der Waals surface area contributed by atoms with Crippen molar-refractivity contribution >= 4 is 0 Å². The summed E-state index contributed by atoms with van der Waals surface area (Å²) in [6.45, 7) is 0.340. The number of H-pyrrole nitrogens is 1. The number of halogens is 3. The minimum Gasteiger partial charge on any atom is -0.489 e. The summed E-state index contributed by atoms with van der Waals surface area (Å²) in [5.74, 6) is 0.759. The molecule has 0 fully saturated rings. The van der Waals surface area contributed by atoms with E-state index < -0.39 is 11.7 Å². The lowest BCUT2D eigenvalue weighted by Crippen LogP contribution is -2.04. The third-order valence-corrected chi connectivity index (χ3v) is 5.27. The average Bonchev–Trinajstić information content (AvgIpc) is 3.35.